The first kappa shape index (κ1) is 10.4. The zero-order valence-corrected chi connectivity index (χ0v) is 8.94. The van der Waals surface area contributed by atoms with Gasteiger partial charge in [0.2, 0.25) is 5.78 Å². The Hall–Kier alpha value is -1.17. The van der Waals surface area contributed by atoms with E-state index in [4.69, 9.17) is 11.6 Å². The SMILES string of the molecule is CNCC(O)c1ccn2c(Cl)cnc2n1. The van der Waals surface area contributed by atoms with E-state index in [0.29, 0.717) is 23.2 Å². The number of hydrogen-bond donors (Lipinski definition) is 2. The number of nitrogens with one attached hydrogen (secondary N) is 1. The molecule has 0 bridgehead atoms. The van der Waals surface area contributed by atoms with Gasteiger partial charge in [0.05, 0.1) is 11.9 Å². The van der Waals surface area contributed by atoms with Crippen LogP contribution in [0.4, 0.5) is 0 Å². The molecule has 5 nitrogen and oxygen atoms in total. The third kappa shape index (κ3) is 1.94. The Morgan fingerprint density at radius 3 is 3.20 bits per heavy atom. The molecule has 0 saturated carbocycles. The maximum absolute atomic E-state index is 9.69. The van der Waals surface area contributed by atoms with Gasteiger partial charge in [0.1, 0.15) is 11.3 Å². The Kier molecular flexibility index (Phi) is 2.86. The summed E-state index contributed by atoms with van der Waals surface area (Å²) in [6.07, 6.45) is 2.64. The number of aliphatic hydroxyl groups excluding tert-OH is 1. The molecule has 2 heterocycles. The van der Waals surface area contributed by atoms with E-state index in [9.17, 15) is 5.11 Å². The molecule has 0 aromatic carbocycles. The van der Waals surface area contributed by atoms with Gasteiger partial charge in [0.25, 0.3) is 0 Å². The lowest BCUT2D eigenvalue weighted by molar-refractivity contribution is 0.173. The van der Waals surface area contributed by atoms with Gasteiger partial charge < -0.3 is 10.4 Å². The molecule has 0 saturated heterocycles. The third-order valence-electron chi connectivity index (χ3n) is 2.09. The summed E-state index contributed by atoms with van der Waals surface area (Å²) in [6.45, 7) is 0.456. The van der Waals surface area contributed by atoms with Crippen LogP contribution in [0.1, 0.15) is 11.8 Å². The largest absolute Gasteiger partial charge is 0.385 e. The Bertz CT molecular complexity index is 470. The van der Waals surface area contributed by atoms with Gasteiger partial charge in [-0.05, 0) is 13.1 Å². The van der Waals surface area contributed by atoms with Gasteiger partial charge in [-0.25, -0.2) is 9.97 Å². The van der Waals surface area contributed by atoms with E-state index in [0.717, 1.165) is 0 Å². The number of aromatic nitrogens is 3. The molecule has 0 spiro atoms. The van der Waals surface area contributed by atoms with E-state index in [1.807, 2.05) is 0 Å². The minimum Gasteiger partial charge on any atom is -0.385 e. The molecule has 0 aliphatic carbocycles. The van der Waals surface area contributed by atoms with Gasteiger partial charge in [0, 0.05) is 12.7 Å². The van der Waals surface area contributed by atoms with E-state index in [2.05, 4.69) is 15.3 Å². The molecule has 0 radical (unpaired) electrons. The fourth-order valence-corrected chi connectivity index (χ4v) is 1.52. The molecular weight excluding hydrogens is 216 g/mol. The summed E-state index contributed by atoms with van der Waals surface area (Å²) in [5.41, 5.74) is 0.583. The van der Waals surface area contributed by atoms with Crippen molar-refractivity contribution in [3.63, 3.8) is 0 Å². The molecule has 6 heteroatoms. The van der Waals surface area contributed by atoms with Crippen molar-refractivity contribution < 1.29 is 5.11 Å². The highest BCUT2D eigenvalue weighted by molar-refractivity contribution is 6.29. The first-order valence-electron chi connectivity index (χ1n) is 4.54. The van der Waals surface area contributed by atoms with Crippen molar-refractivity contribution in [3.05, 3.63) is 29.3 Å². The summed E-state index contributed by atoms with van der Waals surface area (Å²) < 4.78 is 1.65. The second-order valence-electron chi connectivity index (χ2n) is 3.18. The minimum absolute atomic E-state index is 0.456. The Morgan fingerprint density at radius 1 is 1.67 bits per heavy atom. The summed E-state index contributed by atoms with van der Waals surface area (Å²) in [5.74, 6) is 0.493. The molecule has 2 N–H and O–H groups in total. The number of imidazole rings is 1. The monoisotopic (exact) mass is 226 g/mol. The normalized spacial score (nSPS) is 13.3. The quantitative estimate of drug-likeness (QED) is 0.806. The lowest BCUT2D eigenvalue weighted by Gasteiger charge is -2.08. The van der Waals surface area contributed by atoms with E-state index in [-0.39, 0.29) is 0 Å². The highest BCUT2D eigenvalue weighted by Gasteiger charge is 2.10. The van der Waals surface area contributed by atoms with Gasteiger partial charge >= 0.3 is 0 Å². The van der Waals surface area contributed by atoms with Crippen LogP contribution in [0.2, 0.25) is 5.15 Å². The van der Waals surface area contributed by atoms with E-state index < -0.39 is 6.10 Å². The lowest BCUT2D eigenvalue weighted by Crippen LogP contribution is -2.17. The summed E-state index contributed by atoms with van der Waals surface area (Å²) in [6, 6.07) is 1.72. The van der Waals surface area contributed by atoms with Crippen molar-refractivity contribution in [2.75, 3.05) is 13.6 Å². The number of likely N-dealkylation sites (N-methyl/N-ethyl adjacent to an activating group) is 1. The van der Waals surface area contributed by atoms with Crippen molar-refractivity contribution in [1.29, 1.82) is 0 Å². The summed E-state index contributed by atoms with van der Waals surface area (Å²) in [4.78, 5) is 8.20. The Morgan fingerprint density at radius 2 is 2.47 bits per heavy atom. The third-order valence-corrected chi connectivity index (χ3v) is 2.37. The number of fused-ring (bicyclic) bond motifs is 1. The molecule has 0 aliphatic rings. The molecular formula is C9H11ClN4O. The van der Waals surface area contributed by atoms with Gasteiger partial charge in [-0.1, -0.05) is 11.6 Å². The van der Waals surface area contributed by atoms with E-state index in [1.165, 1.54) is 6.20 Å². The van der Waals surface area contributed by atoms with Crippen LogP contribution in [-0.2, 0) is 0 Å². The van der Waals surface area contributed by atoms with Gasteiger partial charge in [0.15, 0.2) is 0 Å². The number of halogens is 1. The second kappa shape index (κ2) is 4.14. The first-order valence-corrected chi connectivity index (χ1v) is 4.92. The number of rotatable bonds is 3. The van der Waals surface area contributed by atoms with Crippen molar-refractivity contribution >= 4 is 17.4 Å². The molecule has 1 atom stereocenters. The average Bonchev–Trinajstić information content (AvgIpc) is 2.60. The topological polar surface area (TPSA) is 62.5 Å². The number of aliphatic hydroxyl groups is 1. The average molecular weight is 227 g/mol. The lowest BCUT2D eigenvalue weighted by atomic mass is 10.2. The minimum atomic E-state index is -0.629. The van der Waals surface area contributed by atoms with Crippen LogP contribution in [0.3, 0.4) is 0 Å². The maximum atomic E-state index is 9.69. The first-order chi connectivity index (χ1) is 7.22. The Labute approximate surface area is 91.7 Å². The zero-order valence-electron chi connectivity index (χ0n) is 8.18. The fourth-order valence-electron chi connectivity index (χ4n) is 1.34. The van der Waals surface area contributed by atoms with Crippen LogP contribution in [0.5, 0.6) is 0 Å². The van der Waals surface area contributed by atoms with Gasteiger partial charge in [-0.15, -0.1) is 0 Å². The predicted octanol–water partition coefficient (Wildman–Crippen LogP) is 0.635. The van der Waals surface area contributed by atoms with Gasteiger partial charge in [-0.3, -0.25) is 4.40 Å². The second-order valence-corrected chi connectivity index (χ2v) is 3.56. The van der Waals surface area contributed by atoms with Crippen LogP contribution in [0, 0.1) is 0 Å². The summed E-state index contributed by atoms with van der Waals surface area (Å²) >= 11 is 5.85. The molecule has 0 aliphatic heterocycles. The smallest absolute Gasteiger partial charge is 0.235 e. The zero-order chi connectivity index (χ0) is 10.8. The predicted molar refractivity (Wildman–Crippen MR) is 56.9 cm³/mol. The van der Waals surface area contributed by atoms with Crippen LogP contribution >= 0.6 is 11.6 Å². The van der Waals surface area contributed by atoms with Crippen molar-refractivity contribution in [3.8, 4) is 0 Å². The van der Waals surface area contributed by atoms with Crippen LogP contribution < -0.4 is 5.32 Å². The molecule has 2 rings (SSSR count). The molecule has 2 aromatic rings. The van der Waals surface area contributed by atoms with Crippen molar-refractivity contribution in [2.24, 2.45) is 0 Å². The van der Waals surface area contributed by atoms with Gasteiger partial charge in [-0.2, -0.15) is 0 Å². The highest BCUT2D eigenvalue weighted by atomic mass is 35.5. The van der Waals surface area contributed by atoms with E-state index in [1.54, 1.807) is 23.7 Å². The fraction of sp³-hybridized carbons (Fsp3) is 0.333. The number of nitrogens with zero attached hydrogens (tertiary/aromatic N) is 3. The van der Waals surface area contributed by atoms with Crippen molar-refractivity contribution in [1.82, 2.24) is 19.7 Å². The molecule has 15 heavy (non-hydrogen) atoms. The maximum Gasteiger partial charge on any atom is 0.235 e. The molecule has 1 unspecified atom stereocenters. The molecule has 0 amide bonds. The van der Waals surface area contributed by atoms with Crippen LogP contribution in [0.25, 0.3) is 5.78 Å². The summed E-state index contributed by atoms with van der Waals surface area (Å²) in [7, 11) is 1.77. The van der Waals surface area contributed by atoms with E-state index >= 15 is 0 Å². The summed E-state index contributed by atoms with van der Waals surface area (Å²) in [5, 5.41) is 13.1. The van der Waals surface area contributed by atoms with Crippen LogP contribution in [-0.4, -0.2) is 33.1 Å². The molecule has 2 aromatic heterocycles. The standard InChI is InChI=1S/C9H11ClN4O/c1-11-4-7(15)6-2-3-14-8(10)5-12-9(14)13-6/h2-3,5,7,11,15H,4H2,1H3. The Balaban J connectivity index is 2.38. The van der Waals surface area contributed by atoms with Crippen LogP contribution in [0.15, 0.2) is 18.5 Å². The molecule has 80 valence electrons. The highest BCUT2D eigenvalue weighted by Crippen LogP contribution is 2.14. The molecule has 0 fully saturated rings. The van der Waals surface area contributed by atoms with Crippen molar-refractivity contribution in [2.45, 2.75) is 6.10 Å². The number of hydrogen-bond acceptors (Lipinski definition) is 4.